The van der Waals surface area contributed by atoms with E-state index in [0.717, 1.165) is 28.1 Å². The lowest BCUT2D eigenvalue weighted by molar-refractivity contribution is 1.05. The molecule has 0 spiro atoms. The molecule has 0 fully saturated rings. The molecule has 2 aromatic carbocycles. The standard InChI is InChI=1S/C18H22N4S/c1-13-6-5-7-14(2)17(13)20-18(23)21-19-12-15-8-10-16(11-9-15)22(3)4/h5-12H,1-4H3,(H2,20,21,23)/b19-12+. The minimum atomic E-state index is 0.476. The van der Waals surface area contributed by atoms with Crippen LogP contribution in [0.1, 0.15) is 16.7 Å². The number of thiocarbonyl (C=S) groups is 1. The minimum Gasteiger partial charge on any atom is -0.378 e. The molecular formula is C18H22N4S. The average Bonchev–Trinajstić information content (AvgIpc) is 2.51. The number of para-hydroxylation sites is 1. The summed E-state index contributed by atoms with van der Waals surface area (Å²) in [4.78, 5) is 2.06. The third-order valence-corrected chi connectivity index (χ3v) is 3.70. The Hall–Kier alpha value is -2.40. The number of nitrogens with one attached hydrogen (secondary N) is 2. The van der Waals surface area contributed by atoms with Crippen molar-refractivity contribution in [3.05, 3.63) is 59.2 Å². The van der Waals surface area contributed by atoms with E-state index in [1.807, 2.05) is 58.3 Å². The van der Waals surface area contributed by atoms with Gasteiger partial charge in [-0.25, -0.2) is 0 Å². The number of nitrogens with zero attached hydrogens (tertiary/aromatic N) is 2. The maximum absolute atomic E-state index is 5.28. The minimum absolute atomic E-state index is 0.476. The molecule has 0 aromatic heterocycles. The fraction of sp³-hybridized carbons (Fsp3) is 0.222. The monoisotopic (exact) mass is 326 g/mol. The Kier molecular flexibility index (Phi) is 5.71. The molecule has 0 aliphatic carbocycles. The molecule has 2 N–H and O–H groups in total. The highest BCUT2D eigenvalue weighted by Gasteiger charge is 2.03. The Morgan fingerprint density at radius 1 is 1.04 bits per heavy atom. The molecule has 0 amide bonds. The zero-order chi connectivity index (χ0) is 16.8. The van der Waals surface area contributed by atoms with Gasteiger partial charge < -0.3 is 10.2 Å². The smallest absolute Gasteiger partial charge is 0.191 e. The van der Waals surface area contributed by atoms with Crippen LogP contribution in [-0.4, -0.2) is 25.4 Å². The van der Waals surface area contributed by atoms with Crippen LogP contribution in [0.25, 0.3) is 0 Å². The van der Waals surface area contributed by atoms with Gasteiger partial charge in [0.2, 0.25) is 0 Å². The fourth-order valence-corrected chi connectivity index (χ4v) is 2.33. The van der Waals surface area contributed by atoms with Gasteiger partial charge in [0.05, 0.1) is 6.21 Å². The first-order valence-electron chi connectivity index (χ1n) is 7.41. The van der Waals surface area contributed by atoms with Crippen LogP contribution < -0.4 is 15.6 Å². The van der Waals surface area contributed by atoms with Crippen LogP contribution in [0.2, 0.25) is 0 Å². The molecule has 0 radical (unpaired) electrons. The van der Waals surface area contributed by atoms with Crippen molar-refractivity contribution in [1.29, 1.82) is 0 Å². The highest BCUT2D eigenvalue weighted by atomic mass is 32.1. The summed E-state index contributed by atoms with van der Waals surface area (Å²) in [6.45, 7) is 4.10. The molecule has 23 heavy (non-hydrogen) atoms. The van der Waals surface area contributed by atoms with Crippen molar-refractivity contribution in [2.24, 2.45) is 5.10 Å². The quantitative estimate of drug-likeness (QED) is 0.511. The normalized spacial score (nSPS) is 10.6. The number of hydrogen-bond acceptors (Lipinski definition) is 3. The number of aryl methyl sites for hydroxylation is 2. The van der Waals surface area contributed by atoms with Gasteiger partial charge in [0.15, 0.2) is 5.11 Å². The van der Waals surface area contributed by atoms with Crippen LogP contribution in [-0.2, 0) is 0 Å². The molecule has 5 heteroatoms. The van der Waals surface area contributed by atoms with Crippen molar-refractivity contribution in [2.75, 3.05) is 24.3 Å². The van der Waals surface area contributed by atoms with E-state index in [-0.39, 0.29) is 0 Å². The van der Waals surface area contributed by atoms with Gasteiger partial charge in [-0.1, -0.05) is 30.3 Å². The maximum atomic E-state index is 5.28. The molecule has 120 valence electrons. The van der Waals surface area contributed by atoms with Crippen molar-refractivity contribution >= 4 is 34.9 Å². The Balaban J connectivity index is 1.93. The SMILES string of the molecule is Cc1cccc(C)c1NC(=S)N/N=C/c1ccc(N(C)C)cc1. The second-order valence-electron chi connectivity index (χ2n) is 5.58. The van der Waals surface area contributed by atoms with Crippen LogP contribution in [0, 0.1) is 13.8 Å². The molecule has 0 aliphatic heterocycles. The highest BCUT2D eigenvalue weighted by molar-refractivity contribution is 7.80. The first kappa shape index (κ1) is 17.0. The second kappa shape index (κ2) is 7.74. The van der Waals surface area contributed by atoms with E-state index in [4.69, 9.17) is 12.2 Å². The maximum Gasteiger partial charge on any atom is 0.191 e. The number of benzene rings is 2. The van der Waals surface area contributed by atoms with Gasteiger partial charge in [0.25, 0.3) is 0 Å². The molecule has 0 heterocycles. The van der Waals surface area contributed by atoms with Crippen molar-refractivity contribution in [3.8, 4) is 0 Å². The van der Waals surface area contributed by atoms with E-state index in [9.17, 15) is 0 Å². The topological polar surface area (TPSA) is 39.7 Å². The van der Waals surface area contributed by atoms with E-state index in [0.29, 0.717) is 5.11 Å². The Labute approximate surface area is 143 Å². The molecule has 0 atom stereocenters. The molecule has 0 unspecified atom stereocenters. The van der Waals surface area contributed by atoms with Crippen LogP contribution in [0.3, 0.4) is 0 Å². The Morgan fingerprint density at radius 3 is 2.22 bits per heavy atom. The Bertz CT molecular complexity index is 685. The molecule has 0 saturated heterocycles. The van der Waals surface area contributed by atoms with E-state index in [1.54, 1.807) is 6.21 Å². The summed E-state index contributed by atoms with van der Waals surface area (Å²) in [5, 5.41) is 7.84. The fourth-order valence-electron chi connectivity index (χ4n) is 2.18. The summed E-state index contributed by atoms with van der Waals surface area (Å²) in [7, 11) is 4.03. The van der Waals surface area contributed by atoms with E-state index >= 15 is 0 Å². The predicted octanol–water partition coefficient (Wildman–Crippen LogP) is 3.69. The summed E-state index contributed by atoms with van der Waals surface area (Å²) in [6, 6.07) is 14.3. The zero-order valence-corrected chi connectivity index (χ0v) is 14.7. The van der Waals surface area contributed by atoms with E-state index in [1.165, 1.54) is 0 Å². The third-order valence-electron chi connectivity index (χ3n) is 3.51. The number of anilines is 2. The van der Waals surface area contributed by atoms with Crippen LogP contribution in [0.15, 0.2) is 47.6 Å². The van der Waals surface area contributed by atoms with Crippen LogP contribution in [0.5, 0.6) is 0 Å². The van der Waals surface area contributed by atoms with Gasteiger partial charge in [-0.3, -0.25) is 5.43 Å². The first-order chi connectivity index (χ1) is 11.0. The molecule has 2 rings (SSSR count). The van der Waals surface area contributed by atoms with Crippen molar-refractivity contribution in [1.82, 2.24) is 5.43 Å². The molecule has 4 nitrogen and oxygen atoms in total. The largest absolute Gasteiger partial charge is 0.378 e. The van der Waals surface area contributed by atoms with Gasteiger partial charge in [-0.05, 0) is 54.9 Å². The zero-order valence-electron chi connectivity index (χ0n) is 13.9. The predicted molar refractivity (Wildman–Crippen MR) is 104 cm³/mol. The van der Waals surface area contributed by atoms with E-state index < -0.39 is 0 Å². The molecule has 2 aromatic rings. The van der Waals surface area contributed by atoms with Gasteiger partial charge in [-0.15, -0.1) is 0 Å². The summed E-state index contributed by atoms with van der Waals surface area (Å²) < 4.78 is 0. The lowest BCUT2D eigenvalue weighted by Crippen LogP contribution is -2.24. The van der Waals surface area contributed by atoms with Crippen molar-refractivity contribution < 1.29 is 0 Å². The van der Waals surface area contributed by atoms with Crippen LogP contribution in [0.4, 0.5) is 11.4 Å². The number of hydrazone groups is 1. The first-order valence-corrected chi connectivity index (χ1v) is 7.82. The van der Waals surface area contributed by atoms with Crippen molar-refractivity contribution in [3.63, 3.8) is 0 Å². The average molecular weight is 326 g/mol. The molecule has 0 aliphatic rings. The van der Waals surface area contributed by atoms with Crippen LogP contribution >= 0.6 is 12.2 Å². The molecule has 0 bridgehead atoms. The summed E-state index contributed by atoms with van der Waals surface area (Å²) in [6.07, 6.45) is 1.75. The summed E-state index contributed by atoms with van der Waals surface area (Å²) in [5.74, 6) is 0. The summed E-state index contributed by atoms with van der Waals surface area (Å²) in [5.41, 5.74) is 8.34. The Morgan fingerprint density at radius 2 is 1.65 bits per heavy atom. The second-order valence-corrected chi connectivity index (χ2v) is 5.99. The lowest BCUT2D eigenvalue weighted by Gasteiger charge is -2.13. The molecular weight excluding hydrogens is 304 g/mol. The lowest BCUT2D eigenvalue weighted by atomic mass is 10.1. The summed E-state index contributed by atoms with van der Waals surface area (Å²) >= 11 is 5.28. The van der Waals surface area contributed by atoms with Gasteiger partial charge >= 0.3 is 0 Å². The number of rotatable bonds is 4. The number of hydrogen-bond donors (Lipinski definition) is 2. The highest BCUT2D eigenvalue weighted by Crippen LogP contribution is 2.19. The van der Waals surface area contributed by atoms with Gasteiger partial charge in [0.1, 0.15) is 0 Å². The van der Waals surface area contributed by atoms with Crippen molar-refractivity contribution in [2.45, 2.75) is 13.8 Å². The third kappa shape index (κ3) is 4.79. The van der Waals surface area contributed by atoms with E-state index in [2.05, 4.69) is 32.9 Å². The molecule has 0 saturated carbocycles. The van der Waals surface area contributed by atoms with Gasteiger partial charge in [-0.2, -0.15) is 5.10 Å². The van der Waals surface area contributed by atoms with Gasteiger partial charge in [0, 0.05) is 25.5 Å².